The van der Waals surface area contributed by atoms with Crippen molar-refractivity contribution in [3.63, 3.8) is 0 Å². The van der Waals surface area contributed by atoms with Crippen LogP contribution in [0.4, 0.5) is 8.78 Å². The van der Waals surface area contributed by atoms with E-state index >= 15 is 0 Å². The number of rotatable bonds is 6. The summed E-state index contributed by atoms with van der Waals surface area (Å²) in [5.41, 5.74) is 3.51. The predicted octanol–water partition coefficient (Wildman–Crippen LogP) is 7.76. The predicted molar refractivity (Wildman–Crippen MR) is 136 cm³/mol. The zero-order valence-electron chi connectivity index (χ0n) is 20.9. The topological polar surface area (TPSA) is 18.5 Å². The Hall–Kier alpha value is -2.04. The molecule has 34 heavy (non-hydrogen) atoms. The van der Waals surface area contributed by atoms with E-state index in [-0.39, 0.29) is 17.6 Å². The molecule has 180 valence electrons. The molecule has 4 rings (SSSR count). The van der Waals surface area contributed by atoms with Crippen molar-refractivity contribution in [2.75, 3.05) is 0 Å². The molecule has 2 nitrogen and oxygen atoms in total. The summed E-state index contributed by atoms with van der Waals surface area (Å²) in [6.45, 7) is 10.3. The third-order valence-electron chi connectivity index (χ3n) is 7.86. The number of benzene rings is 2. The molecule has 0 bridgehead atoms. The van der Waals surface area contributed by atoms with Crippen molar-refractivity contribution in [1.29, 1.82) is 0 Å². The molecule has 1 unspecified atom stereocenters. The molecule has 0 saturated heterocycles. The Morgan fingerprint density at radius 1 is 0.824 bits per heavy atom. The van der Waals surface area contributed by atoms with Crippen LogP contribution >= 0.6 is 0 Å². The van der Waals surface area contributed by atoms with Crippen molar-refractivity contribution in [1.82, 2.24) is 0 Å². The molecule has 0 N–H and O–H groups in total. The van der Waals surface area contributed by atoms with Gasteiger partial charge in [0.15, 0.2) is 0 Å². The molecule has 0 saturated carbocycles. The zero-order chi connectivity index (χ0) is 25.1. The van der Waals surface area contributed by atoms with Gasteiger partial charge in [-0.05, 0) is 0 Å². The Labute approximate surface area is 198 Å². The second kappa shape index (κ2) is 7.01. The van der Waals surface area contributed by atoms with Crippen LogP contribution in [0, 0.1) is 17.6 Å². The number of allylic oxidation sites excluding steroid dienone is 8. The minimum absolute atomic E-state index is 0.0662. The van der Waals surface area contributed by atoms with Gasteiger partial charge in [0.1, 0.15) is 0 Å². The number of hydrogen-bond donors (Lipinski definition) is 0. The second-order valence-corrected chi connectivity index (χ2v) is 52.9. The van der Waals surface area contributed by atoms with Gasteiger partial charge in [-0.3, -0.25) is 0 Å². The Bertz CT molecular complexity index is 1390. The van der Waals surface area contributed by atoms with Crippen LogP contribution in [0.25, 0.3) is 0 Å². The summed E-state index contributed by atoms with van der Waals surface area (Å²) in [7, 11) is 0. The molecule has 2 aromatic carbocycles. The van der Waals surface area contributed by atoms with E-state index in [0.29, 0.717) is 11.5 Å². The summed E-state index contributed by atoms with van der Waals surface area (Å²) in [5, 5.41) is 0. The Morgan fingerprint density at radius 2 is 1.29 bits per heavy atom. The zero-order valence-corrected chi connectivity index (χ0v) is 24.8. The van der Waals surface area contributed by atoms with E-state index in [1.165, 1.54) is 29.8 Å². The van der Waals surface area contributed by atoms with Crippen LogP contribution < -0.4 is 5.63 Å². The van der Waals surface area contributed by atoms with Crippen LogP contribution in [-0.2, 0) is 15.3 Å². The minimum atomic E-state index is -6.23. The molecule has 0 radical (unpaired) electrons. The fraction of sp³-hybridized carbons (Fsp3) is 0.286. The van der Waals surface area contributed by atoms with Gasteiger partial charge in [-0.15, -0.1) is 0 Å². The van der Waals surface area contributed by atoms with E-state index in [9.17, 15) is 8.78 Å². The van der Waals surface area contributed by atoms with Gasteiger partial charge >= 0.3 is 199 Å². The summed E-state index contributed by atoms with van der Waals surface area (Å²) in [4.78, 5) is 0. The van der Waals surface area contributed by atoms with Crippen molar-refractivity contribution in [3.05, 3.63) is 102 Å². The SMILES string of the molecule is CC1=CC(C)[C]([Zr]([CH3])([CH3])(=[SiH2])([O]c2ccc(F)cc2)([O]c2ccc(F)cc2)[C]2=C(C)C=C(C)C2)=C1. The van der Waals surface area contributed by atoms with Gasteiger partial charge in [-0.1, -0.05) is 0 Å². The molecule has 1 atom stereocenters. The first-order valence-electron chi connectivity index (χ1n) is 11.8. The first-order valence-corrected chi connectivity index (χ1v) is 27.1. The number of hydrogen-bond acceptors (Lipinski definition) is 2. The monoisotopic (exact) mass is 558 g/mol. The molecule has 2 aromatic rings. The van der Waals surface area contributed by atoms with Crippen molar-refractivity contribution < 1.29 is 29.7 Å². The van der Waals surface area contributed by atoms with Gasteiger partial charge in [0.05, 0.1) is 0 Å². The third-order valence-corrected chi connectivity index (χ3v) is 34.4. The van der Waals surface area contributed by atoms with Crippen molar-refractivity contribution in [2.45, 2.75) is 43.4 Å². The average Bonchev–Trinajstić information content (AvgIpc) is 3.28. The molecule has 2 aliphatic carbocycles. The third kappa shape index (κ3) is 3.74. The standard InChI is InChI=1S/2C7H9.2C6H5FO.2CH3.H2Si.Zr/c2*1-6-3-4-7(2)5-6;2*7-5-1-3-6(8)4-2-5;;;;/h5H,3H2,1-2H3;3,5,7H,1-2H3;2*1-4,8H;2*1H3;1H2;/q;;;;;;;+2/p-2. The van der Waals surface area contributed by atoms with Crippen molar-refractivity contribution in [3.8, 4) is 11.5 Å². The fourth-order valence-electron chi connectivity index (χ4n) is 6.60. The van der Waals surface area contributed by atoms with Crippen LogP contribution in [0.5, 0.6) is 11.5 Å². The molecule has 0 amide bonds. The van der Waals surface area contributed by atoms with E-state index in [0.717, 1.165) is 24.1 Å². The molecule has 2 aliphatic rings. The number of halogens is 2. The Kier molecular flexibility index (Phi) is 5.17. The van der Waals surface area contributed by atoms with Gasteiger partial charge < -0.3 is 0 Å². The Balaban J connectivity index is 2.15. The van der Waals surface area contributed by atoms with E-state index in [4.69, 9.17) is 5.63 Å². The van der Waals surface area contributed by atoms with Gasteiger partial charge in [0.2, 0.25) is 0 Å². The average molecular weight is 560 g/mol. The molecule has 0 aromatic heterocycles. The van der Waals surface area contributed by atoms with Crippen LogP contribution in [0.1, 0.15) is 34.1 Å². The fourth-order valence-corrected chi connectivity index (χ4v) is 34.3. The normalized spacial score (nSPS) is 21.6. The van der Waals surface area contributed by atoms with E-state index in [2.05, 4.69) is 55.2 Å². The van der Waals surface area contributed by atoms with E-state index in [1.807, 2.05) is 6.88 Å². The molecule has 0 aliphatic heterocycles. The van der Waals surface area contributed by atoms with E-state index < -0.39 is 15.3 Å². The van der Waals surface area contributed by atoms with Gasteiger partial charge in [0, 0.05) is 0 Å². The van der Waals surface area contributed by atoms with Crippen LogP contribution in [0.2, 0.25) is 9.26 Å². The molecule has 0 spiro atoms. The molecular formula is C28H34F2O2SiZr. The molecule has 0 heterocycles. The second-order valence-electron chi connectivity index (χ2n) is 12.0. The van der Waals surface area contributed by atoms with Crippen molar-refractivity contribution in [2.24, 2.45) is 5.92 Å². The molecule has 6 heteroatoms. The summed E-state index contributed by atoms with van der Waals surface area (Å²) < 4.78 is 49.1. The van der Waals surface area contributed by atoms with Crippen LogP contribution in [0.15, 0.2) is 90.0 Å². The quantitative estimate of drug-likeness (QED) is 0.337. The molecule has 0 fully saturated rings. The van der Waals surface area contributed by atoms with Gasteiger partial charge in [-0.25, -0.2) is 0 Å². The summed E-state index contributed by atoms with van der Waals surface area (Å²) >= 11 is -6.23. The maximum atomic E-state index is 13.9. The maximum absolute atomic E-state index is 13.9. The molecular weight excluding hydrogens is 526 g/mol. The van der Waals surface area contributed by atoms with Gasteiger partial charge in [0.25, 0.3) is 0 Å². The summed E-state index contributed by atoms with van der Waals surface area (Å²) in [6, 6.07) is 12.3. The summed E-state index contributed by atoms with van der Waals surface area (Å²) in [6.07, 6.45) is 7.36. The summed E-state index contributed by atoms with van der Waals surface area (Å²) in [5.74, 6) is 0.512. The van der Waals surface area contributed by atoms with E-state index in [1.54, 1.807) is 24.3 Å². The van der Waals surface area contributed by atoms with Gasteiger partial charge in [-0.2, -0.15) is 0 Å². The van der Waals surface area contributed by atoms with Crippen LogP contribution in [0.3, 0.4) is 0 Å². The van der Waals surface area contributed by atoms with Crippen LogP contribution in [-0.4, -0.2) is 6.88 Å². The first kappa shape index (κ1) is 25.1. The first-order chi connectivity index (χ1) is 15.6. The Morgan fingerprint density at radius 3 is 1.65 bits per heavy atom. The van der Waals surface area contributed by atoms with Crippen molar-refractivity contribution >= 4 is 6.88 Å².